The molecule has 2 amide bonds. The lowest BCUT2D eigenvalue weighted by Crippen LogP contribution is -2.45. The molecule has 1 N–H and O–H groups in total. The minimum absolute atomic E-state index is 0.0420. The van der Waals surface area contributed by atoms with E-state index in [4.69, 9.17) is 0 Å². The zero-order valence-electron chi connectivity index (χ0n) is 13.0. The molecule has 1 saturated carbocycles. The Bertz CT molecular complexity index is 528. The van der Waals surface area contributed by atoms with Crippen molar-refractivity contribution in [1.29, 1.82) is 0 Å². The van der Waals surface area contributed by atoms with Crippen LogP contribution in [0.15, 0.2) is 11.6 Å². The SMILES string of the molecule is CC[C@H]1CN(C(=O)C2CC2)CC[C@H]1CC(=O)Nc1nccs1. The number of likely N-dealkylation sites (tertiary alicyclic amines) is 1. The van der Waals surface area contributed by atoms with Gasteiger partial charge in [0.15, 0.2) is 5.13 Å². The summed E-state index contributed by atoms with van der Waals surface area (Å²) in [6.45, 7) is 3.78. The standard InChI is InChI=1S/C16H23N3O2S/c1-2-11-10-19(15(21)12-3-4-12)7-5-13(11)9-14(20)18-16-17-6-8-22-16/h6,8,11-13H,2-5,7,9-10H2,1H3,(H,17,18,20)/t11-,13-/m0/s1. The first kappa shape index (κ1) is 15.5. The molecule has 3 rings (SSSR count). The summed E-state index contributed by atoms with van der Waals surface area (Å²) in [5.74, 6) is 1.47. The molecule has 1 aliphatic heterocycles. The van der Waals surface area contributed by atoms with Crippen molar-refractivity contribution in [2.45, 2.75) is 39.0 Å². The fraction of sp³-hybridized carbons (Fsp3) is 0.688. The van der Waals surface area contributed by atoms with E-state index >= 15 is 0 Å². The molecule has 1 aromatic rings. The lowest BCUT2D eigenvalue weighted by molar-refractivity contribution is -0.135. The highest BCUT2D eigenvalue weighted by atomic mass is 32.1. The predicted octanol–water partition coefficient (Wildman–Crippen LogP) is 2.76. The number of anilines is 1. The molecule has 22 heavy (non-hydrogen) atoms. The number of amides is 2. The molecule has 1 aromatic heterocycles. The van der Waals surface area contributed by atoms with Gasteiger partial charge in [0.25, 0.3) is 0 Å². The van der Waals surface area contributed by atoms with E-state index in [0.717, 1.165) is 38.8 Å². The number of aromatic nitrogens is 1. The Morgan fingerprint density at radius 3 is 2.82 bits per heavy atom. The van der Waals surface area contributed by atoms with Crippen LogP contribution in [0.5, 0.6) is 0 Å². The fourth-order valence-electron chi connectivity index (χ4n) is 3.29. The highest BCUT2D eigenvalue weighted by Gasteiger charge is 2.37. The van der Waals surface area contributed by atoms with Crippen LogP contribution in [0, 0.1) is 17.8 Å². The van der Waals surface area contributed by atoms with E-state index < -0.39 is 0 Å². The van der Waals surface area contributed by atoms with Gasteiger partial charge in [-0.2, -0.15) is 0 Å². The maximum atomic E-state index is 12.2. The molecule has 2 atom stereocenters. The van der Waals surface area contributed by atoms with Gasteiger partial charge in [-0.05, 0) is 31.1 Å². The lowest BCUT2D eigenvalue weighted by Gasteiger charge is -2.38. The van der Waals surface area contributed by atoms with E-state index in [1.807, 2.05) is 10.3 Å². The number of carbonyl (C=O) groups is 2. The maximum absolute atomic E-state index is 12.2. The summed E-state index contributed by atoms with van der Waals surface area (Å²) in [6, 6.07) is 0. The number of hydrogen-bond donors (Lipinski definition) is 1. The van der Waals surface area contributed by atoms with Crippen LogP contribution in [0.2, 0.25) is 0 Å². The van der Waals surface area contributed by atoms with Crippen molar-refractivity contribution < 1.29 is 9.59 Å². The summed E-state index contributed by atoms with van der Waals surface area (Å²) in [4.78, 5) is 30.5. The molecule has 0 unspecified atom stereocenters. The Balaban J connectivity index is 1.52. The molecule has 0 aromatic carbocycles. The van der Waals surface area contributed by atoms with Crippen molar-refractivity contribution in [3.63, 3.8) is 0 Å². The summed E-state index contributed by atoms with van der Waals surface area (Å²) in [5, 5.41) is 5.38. The third-order valence-electron chi connectivity index (χ3n) is 4.78. The van der Waals surface area contributed by atoms with Crippen LogP contribution in [0.25, 0.3) is 0 Å². The molecule has 2 heterocycles. The molecule has 6 heteroatoms. The first-order valence-electron chi connectivity index (χ1n) is 8.15. The molecule has 1 aliphatic carbocycles. The van der Waals surface area contributed by atoms with Gasteiger partial charge in [-0.3, -0.25) is 9.59 Å². The largest absolute Gasteiger partial charge is 0.342 e. The van der Waals surface area contributed by atoms with Crippen molar-refractivity contribution in [3.05, 3.63) is 11.6 Å². The second-order valence-corrected chi connectivity index (χ2v) is 7.26. The van der Waals surface area contributed by atoms with E-state index in [0.29, 0.717) is 35.2 Å². The average molecular weight is 321 g/mol. The average Bonchev–Trinajstić information content (AvgIpc) is 3.25. The van der Waals surface area contributed by atoms with Gasteiger partial charge in [0.2, 0.25) is 11.8 Å². The van der Waals surface area contributed by atoms with Crippen LogP contribution >= 0.6 is 11.3 Å². The molecule has 120 valence electrons. The van der Waals surface area contributed by atoms with E-state index in [9.17, 15) is 9.59 Å². The summed E-state index contributed by atoms with van der Waals surface area (Å²) in [6.07, 6.45) is 6.30. The molecular weight excluding hydrogens is 298 g/mol. The van der Waals surface area contributed by atoms with Crippen molar-refractivity contribution >= 4 is 28.3 Å². The van der Waals surface area contributed by atoms with Crippen LogP contribution in [-0.2, 0) is 9.59 Å². The molecule has 1 saturated heterocycles. The van der Waals surface area contributed by atoms with Gasteiger partial charge >= 0.3 is 0 Å². The van der Waals surface area contributed by atoms with Gasteiger partial charge in [0, 0.05) is 37.0 Å². The first-order valence-corrected chi connectivity index (χ1v) is 9.03. The van der Waals surface area contributed by atoms with Gasteiger partial charge in [-0.15, -0.1) is 11.3 Å². The molecule has 0 bridgehead atoms. The number of carbonyl (C=O) groups excluding carboxylic acids is 2. The molecule has 0 radical (unpaired) electrons. The molecule has 0 spiro atoms. The second kappa shape index (κ2) is 6.77. The smallest absolute Gasteiger partial charge is 0.226 e. The number of hydrogen-bond acceptors (Lipinski definition) is 4. The lowest BCUT2D eigenvalue weighted by atomic mass is 9.81. The third kappa shape index (κ3) is 3.66. The van der Waals surface area contributed by atoms with Crippen LogP contribution < -0.4 is 5.32 Å². The minimum Gasteiger partial charge on any atom is -0.342 e. The number of rotatable bonds is 5. The van der Waals surface area contributed by atoms with E-state index in [-0.39, 0.29) is 5.91 Å². The van der Waals surface area contributed by atoms with Crippen LogP contribution in [-0.4, -0.2) is 34.8 Å². The molecule has 2 aliphatic rings. The quantitative estimate of drug-likeness (QED) is 0.907. The zero-order valence-corrected chi connectivity index (χ0v) is 13.8. The van der Waals surface area contributed by atoms with Crippen molar-refractivity contribution in [2.24, 2.45) is 17.8 Å². The Kier molecular flexibility index (Phi) is 4.76. The summed E-state index contributed by atoms with van der Waals surface area (Å²) in [5.41, 5.74) is 0. The fourth-order valence-corrected chi connectivity index (χ4v) is 3.84. The maximum Gasteiger partial charge on any atom is 0.226 e. The van der Waals surface area contributed by atoms with E-state index in [1.54, 1.807) is 6.20 Å². The van der Waals surface area contributed by atoms with E-state index in [2.05, 4.69) is 17.2 Å². The van der Waals surface area contributed by atoms with Gasteiger partial charge in [0.1, 0.15) is 0 Å². The Labute approximate surface area is 135 Å². The highest BCUT2D eigenvalue weighted by Crippen LogP contribution is 2.35. The minimum atomic E-state index is 0.0420. The Morgan fingerprint density at radius 1 is 1.36 bits per heavy atom. The topological polar surface area (TPSA) is 62.3 Å². The summed E-state index contributed by atoms with van der Waals surface area (Å²) in [7, 11) is 0. The van der Waals surface area contributed by atoms with Crippen molar-refractivity contribution in [1.82, 2.24) is 9.88 Å². The molecule has 2 fully saturated rings. The van der Waals surface area contributed by atoms with Gasteiger partial charge < -0.3 is 10.2 Å². The third-order valence-corrected chi connectivity index (χ3v) is 5.47. The number of nitrogens with one attached hydrogen (secondary N) is 1. The molecule has 5 nitrogen and oxygen atoms in total. The van der Waals surface area contributed by atoms with E-state index in [1.165, 1.54) is 11.3 Å². The summed E-state index contributed by atoms with van der Waals surface area (Å²) >= 11 is 1.44. The zero-order chi connectivity index (χ0) is 15.5. The normalized spacial score (nSPS) is 25.0. The number of thiazole rings is 1. The van der Waals surface area contributed by atoms with Crippen molar-refractivity contribution in [2.75, 3.05) is 18.4 Å². The monoisotopic (exact) mass is 321 g/mol. The summed E-state index contributed by atoms with van der Waals surface area (Å²) < 4.78 is 0. The molecular formula is C16H23N3O2S. The van der Waals surface area contributed by atoms with Gasteiger partial charge in [0.05, 0.1) is 0 Å². The van der Waals surface area contributed by atoms with Gasteiger partial charge in [-0.25, -0.2) is 4.98 Å². The van der Waals surface area contributed by atoms with Crippen molar-refractivity contribution in [3.8, 4) is 0 Å². The van der Waals surface area contributed by atoms with Gasteiger partial charge in [-0.1, -0.05) is 13.3 Å². The first-order chi connectivity index (χ1) is 10.7. The number of nitrogens with zero attached hydrogens (tertiary/aromatic N) is 2. The number of piperidine rings is 1. The van der Waals surface area contributed by atoms with Crippen LogP contribution in [0.4, 0.5) is 5.13 Å². The second-order valence-electron chi connectivity index (χ2n) is 6.37. The highest BCUT2D eigenvalue weighted by molar-refractivity contribution is 7.13. The Morgan fingerprint density at radius 2 is 2.18 bits per heavy atom. The predicted molar refractivity (Wildman–Crippen MR) is 86.6 cm³/mol. The Hall–Kier alpha value is -1.43. The van der Waals surface area contributed by atoms with Crippen LogP contribution in [0.3, 0.4) is 0 Å². The van der Waals surface area contributed by atoms with Crippen LogP contribution in [0.1, 0.15) is 39.0 Å².